The zero-order chi connectivity index (χ0) is 12.4. The molecule has 0 saturated carbocycles. The fourth-order valence-corrected chi connectivity index (χ4v) is 3.45. The number of halogens is 3. The van der Waals surface area contributed by atoms with Crippen LogP contribution in [0.2, 0.25) is 0 Å². The number of benzene rings is 1. The predicted molar refractivity (Wildman–Crippen MR) is 68.1 cm³/mol. The lowest BCUT2D eigenvalue weighted by Gasteiger charge is -2.25. The third kappa shape index (κ3) is 2.86. The highest BCUT2D eigenvalue weighted by Crippen LogP contribution is 2.27. The molecule has 1 fully saturated rings. The standard InChI is InChI=1S/C13H16BrF2N/c1-9-4-5-17(13(9)7-14)8-10-2-3-11(15)12(16)6-10/h2-3,6,9,13H,4-5,7-8H2,1H3. The van der Waals surface area contributed by atoms with Crippen molar-refractivity contribution in [3.8, 4) is 0 Å². The monoisotopic (exact) mass is 303 g/mol. The lowest BCUT2D eigenvalue weighted by molar-refractivity contribution is 0.244. The second-order valence-corrected chi connectivity index (χ2v) is 5.35. The van der Waals surface area contributed by atoms with Gasteiger partial charge in [-0.2, -0.15) is 0 Å². The second-order valence-electron chi connectivity index (χ2n) is 4.71. The minimum atomic E-state index is -0.777. The van der Waals surface area contributed by atoms with Crippen molar-refractivity contribution >= 4 is 15.9 Å². The van der Waals surface area contributed by atoms with Crippen LogP contribution < -0.4 is 0 Å². The van der Waals surface area contributed by atoms with Crippen molar-refractivity contribution in [1.29, 1.82) is 0 Å². The fraction of sp³-hybridized carbons (Fsp3) is 0.538. The molecule has 1 heterocycles. The SMILES string of the molecule is CC1CCN(Cc2ccc(F)c(F)c2)C1CBr. The van der Waals surface area contributed by atoms with Crippen LogP contribution in [0.15, 0.2) is 18.2 Å². The van der Waals surface area contributed by atoms with Gasteiger partial charge in [-0.05, 0) is 36.6 Å². The smallest absolute Gasteiger partial charge is 0.159 e. The van der Waals surface area contributed by atoms with E-state index in [0.717, 1.165) is 17.4 Å². The van der Waals surface area contributed by atoms with Gasteiger partial charge in [0.15, 0.2) is 11.6 Å². The van der Waals surface area contributed by atoms with Crippen molar-refractivity contribution in [2.45, 2.75) is 25.9 Å². The lowest BCUT2D eigenvalue weighted by atomic mass is 10.0. The molecule has 0 spiro atoms. The average Bonchev–Trinajstić information content (AvgIpc) is 2.64. The van der Waals surface area contributed by atoms with Gasteiger partial charge in [0.05, 0.1) is 0 Å². The molecule has 0 radical (unpaired) electrons. The largest absolute Gasteiger partial charge is 0.295 e. The van der Waals surface area contributed by atoms with Crippen molar-refractivity contribution < 1.29 is 8.78 Å². The lowest BCUT2D eigenvalue weighted by Crippen LogP contribution is -2.32. The van der Waals surface area contributed by atoms with Crippen molar-refractivity contribution in [3.05, 3.63) is 35.4 Å². The van der Waals surface area contributed by atoms with E-state index in [9.17, 15) is 8.78 Å². The summed E-state index contributed by atoms with van der Waals surface area (Å²) in [6, 6.07) is 4.65. The van der Waals surface area contributed by atoms with Gasteiger partial charge < -0.3 is 0 Å². The highest BCUT2D eigenvalue weighted by Gasteiger charge is 2.29. The minimum absolute atomic E-state index is 0.489. The van der Waals surface area contributed by atoms with Crippen LogP contribution in [0.4, 0.5) is 8.78 Å². The Labute approximate surface area is 109 Å². The van der Waals surface area contributed by atoms with E-state index in [1.54, 1.807) is 6.07 Å². The Morgan fingerprint density at radius 2 is 2.12 bits per heavy atom. The van der Waals surface area contributed by atoms with Gasteiger partial charge in [0.1, 0.15) is 0 Å². The van der Waals surface area contributed by atoms with E-state index in [4.69, 9.17) is 0 Å². The van der Waals surface area contributed by atoms with E-state index in [-0.39, 0.29) is 0 Å². The summed E-state index contributed by atoms with van der Waals surface area (Å²) in [4.78, 5) is 2.33. The summed E-state index contributed by atoms with van der Waals surface area (Å²) < 4.78 is 25.9. The van der Waals surface area contributed by atoms with Crippen molar-refractivity contribution in [3.63, 3.8) is 0 Å². The van der Waals surface area contributed by atoms with Crippen LogP contribution in [0, 0.1) is 17.6 Å². The molecule has 94 valence electrons. The first-order chi connectivity index (χ1) is 8.11. The normalized spacial score (nSPS) is 25.4. The molecule has 0 amide bonds. The highest BCUT2D eigenvalue weighted by atomic mass is 79.9. The Morgan fingerprint density at radius 3 is 2.76 bits per heavy atom. The van der Waals surface area contributed by atoms with Gasteiger partial charge in [0, 0.05) is 17.9 Å². The number of hydrogen-bond acceptors (Lipinski definition) is 1. The third-order valence-corrected chi connectivity index (χ3v) is 4.19. The molecule has 2 rings (SSSR count). The number of rotatable bonds is 3. The van der Waals surface area contributed by atoms with Gasteiger partial charge in [-0.15, -0.1) is 0 Å². The first kappa shape index (κ1) is 13.0. The first-order valence-corrected chi connectivity index (χ1v) is 6.98. The van der Waals surface area contributed by atoms with Gasteiger partial charge in [0.2, 0.25) is 0 Å². The summed E-state index contributed by atoms with van der Waals surface area (Å²) in [6.07, 6.45) is 1.17. The summed E-state index contributed by atoms with van der Waals surface area (Å²) >= 11 is 3.52. The summed E-state index contributed by atoms with van der Waals surface area (Å²) in [5.74, 6) is -0.884. The maximum atomic E-state index is 13.1. The molecule has 0 aromatic heterocycles. The molecule has 0 N–H and O–H groups in total. The first-order valence-electron chi connectivity index (χ1n) is 5.85. The van der Waals surface area contributed by atoms with Crippen LogP contribution in [0.1, 0.15) is 18.9 Å². The molecule has 1 saturated heterocycles. The van der Waals surface area contributed by atoms with E-state index < -0.39 is 11.6 Å². The maximum Gasteiger partial charge on any atom is 0.159 e. The molecule has 1 aromatic rings. The van der Waals surface area contributed by atoms with Crippen LogP contribution in [0.5, 0.6) is 0 Å². The Hall–Kier alpha value is -0.480. The minimum Gasteiger partial charge on any atom is -0.295 e. The molecule has 1 aromatic carbocycles. The molecule has 4 heteroatoms. The van der Waals surface area contributed by atoms with Crippen LogP contribution >= 0.6 is 15.9 Å². The maximum absolute atomic E-state index is 13.1. The van der Waals surface area contributed by atoms with Gasteiger partial charge in [-0.25, -0.2) is 8.78 Å². The van der Waals surface area contributed by atoms with Crippen molar-refractivity contribution in [2.75, 3.05) is 11.9 Å². The number of hydrogen-bond donors (Lipinski definition) is 0. The molecule has 2 unspecified atom stereocenters. The molecule has 1 nitrogen and oxygen atoms in total. The van der Waals surface area contributed by atoms with E-state index in [1.165, 1.54) is 18.6 Å². The third-order valence-electron chi connectivity index (χ3n) is 3.53. The summed E-state index contributed by atoms with van der Waals surface area (Å²) in [6.45, 7) is 3.95. The molecule has 17 heavy (non-hydrogen) atoms. The molecule has 0 aliphatic carbocycles. The van der Waals surface area contributed by atoms with Crippen molar-refractivity contribution in [1.82, 2.24) is 4.90 Å². The number of nitrogens with zero attached hydrogens (tertiary/aromatic N) is 1. The van der Waals surface area contributed by atoms with Gasteiger partial charge in [-0.1, -0.05) is 28.9 Å². The van der Waals surface area contributed by atoms with Crippen molar-refractivity contribution in [2.24, 2.45) is 5.92 Å². The summed E-state index contributed by atoms with van der Waals surface area (Å²) in [5, 5.41) is 0.928. The van der Waals surface area contributed by atoms with E-state index >= 15 is 0 Å². The fourth-order valence-electron chi connectivity index (χ4n) is 2.41. The molecule has 1 aliphatic heterocycles. The van der Waals surface area contributed by atoms with E-state index in [2.05, 4.69) is 27.8 Å². The second kappa shape index (κ2) is 5.44. The van der Waals surface area contributed by atoms with E-state index in [0.29, 0.717) is 18.5 Å². The number of alkyl halides is 1. The molecule has 0 bridgehead atoms. The molecular formula is C13H16BrF2N. The zero-order valence-electron chi connectivity index (χ0n) is 9.80. The Bertz CT molecular complexity index is 397. The Morgan fingerprint density at radius 1 is 1.35 bits per heavy atom. The van der Waals surface area contributed by atoms with Crippen LogP contribution in [-0.2, 0) is 6.54 Å². The van der Waals surface area contributed by atoms with Crippen LogP contribution in [-0.4, -0.2) is 22.8 Å². The van der Waals surface area contributed by atoms with Crippen LogP contribution in [0.25, 0.3) is 0 Å². The molecule has 2 atom stereocenters. The van der Waals surface area contributed by atoms with Crippen LogP contribution in [0.3, 0.4) is 0 Å². The Kier molecular flexibility index (Phi) is 4.15. The zero-order valence-corrected chi connectivity index (χ0v) is 11.4. The summed E-state index contributed by atoms with van der Waals surface area (Å²) in [5.41, 5.74) is 0.837. The van der Waals surface area contributed by atoms with Gasteiger partial charge in [0.25, 0.3) is 0 Å². The van der Waals surface area contributed by atoms with Gasteiger partial charge in [-0.3, -0.25) is 4.90 Å². The molecular weight excluding hydrogens is 288 g/mol. The quantitative estimate of drug-likeness (QED) is 0.772. The Balaban J connectivity index is 2.07. The van der Waals surface area contributed by atoms with Gasteiger partial charge >= 0.3 is 0 Å². The molecule has 1 aliphatic rings. The average molecular weight is 304 g/mol. The summed E-state index contributed by atoms with van der Waals surface area (Å²) in [7, 11) is 0. The predicted octanol–water partition coefficient (Wildman–Crippen LogP) is 3.57. The highest BCUT2D eigenvalue weighted by molar-refractivity contribution is 9.09. The number of likely N-dealkylation sites (tertiary alicyclic amines) is 1. The topological polar surface area (TPSA) is 3.24 Å². The van der Waals surface area contributed by atoms with E-state index in [1.807, 2.05) is 0 Å².